The lowest BCUT2D eigenvalue weighted by Gasteiger charge is -2.27. The monoisotopic (exact) mass is 281 g/mol. The van der Waals surface area contributed by atoms with E-state index in [-0.39, 0.29) is 12.1 Å². The lowest BCUT2D eigenvalue weighted by molar-refractivity contribution is 0.142. The smallest absolute Gasteiger partial charge is 0.264 e. The molecule has 1 fully saturated rings. The van der Waals surface area contributed by atoms with Crippen molar-refractivity contribution in [2.45, 2.75) is 37.8 Å². The van der Waals surface area contributed by atoms with Gasteiger partial charge in [-0.15, -0.1) is 0 Å². The highest BCUT2D eigenvalue weighted by molar-refractivity contribution is 7.86. The van der Waals surface area contributed by atoms with Gasteiger partial charge in [-0.05, 0) is 18.4 Å². The topological polar surface area (TPSA) is 55.7 Å². The summed E-state index contributed by atoms with van der Waals surface area (Å²) in [7, 11) is -3.41. The van der Waals surface area contributed by atoms with E-state index >= 15 is 0 Å². The maximum Gasteiger partial charge on any atom is 0.264 e. The Morgan fingerprint density at radius 2 is 1.89 bits per heavy atom. The van der Waals surface area contributed by atoms with Crippen molar-refractivity contribution in [1.29, 1.82) is 0 Å². The fourth-order valence-electron chi connectivity index (χ4n) is 2.31. The van der Waals surface area contributed by atoms with Gasteiger partial charge >= 0.3 is 0 Å². The Morgan fingerprint density at radius 3 is 2.58 bits per heavy atom. The summed E-state index contributed by atoms with van der Waals surface area (Å²) in [5.41, 5.74) is 1.02. The number of hydrogen-bond donors (Lipinski definition) is 0. The molecule has 0 N–H and O–H groups in total. The van der Waals surface area contributed by atoms with Crippen LogP contribution in [-0.4, -0.2) is 33.0 Å². The molecule has 1 saturated carbocycles. The van der Waals surface area contributed by atoms with E-state index in [2.05, 4.69) is 4.99 Å². The Morgan fingerprint density at radius 1 is 1.21 bits per heavy atom. The summed E-state index contributed by atoms with van der Waals surface area (Å²) >= 11 is 0. The molecule has 5 heteroatoms. The molecular formula is C14H19NO3S. The zero-order valence-corrected chi connectivity index (χ0v) is 11.8. The second-order valence-electron chi connectivity index (χ2n) is 4.88. The Balaban J connectivity index is 2.06. The Bertz CT molecular complexity index is 525. The first-order valence-electron chi connectivity index (χ1n) is 6.51. The van der Waals surface area contributed by atoms with E-state index in [0.29, 0.717) is 0 Å². The molecule has 0 radical (unpaired) electrons. The van der Waals surface area contributed by atoms with Crippen LogP contribution in [0.3, 0.4) is 0 Å². The van der Waals surface area contributed by atoms with Crippen LogP contribution < -0.4 is 0 Å². The van der Waals surface area contributed by atoms with Crippen molar-refractivity contribution in [2.24, 2.45) is 4.99 Å². The van der Waals surface area contributed by atoms with Gasteiger partial charge < -0.3 is 0 Å². The van der Waals surface area contributed by atoms with E-state index in [1.165, 1.54) is 0 Å². The van der Waals surface area contributed by atoms with Gasteiger partial charge in [-0.25, -0.2) is 0 Å². The van der Waals surface area contributed by atoms with Crippen LogP contribution in [0.15, 0.2) is 35.3 Å². The zero-order chi connectivity index (χ0) is 13.7. The maximum absolute atomic E-state index is 11.2. The molecule has 0 bridgehead atoms. The summed E-state index contributed by atoms with van der Waals surface area (Å²) < 4.78 is 27.6. The largest absolute Gasteiger partial charge is 0.286 e. The highest BCUT2D eigenvalue weighted by atomic mass is 32.2. The van der Waals surface area contributed by atoms with E-state index in [1.807, 2.05) is 30.3 Å². The van der Waals surface area contributed by atoms with Gasteiger partial charge in [0.1, 0.15) is 0 Å². The van der Waals surface area contributed by atoms with Gasteiger partial charge in [0.2, 0.25) is 0 Å². The number of rotatable bonds is 4. The number of nitrogens with zero attached hydrogens (tertiary/aromatic N) is 1. The molecule has 2 rings (SSSR count). The van der Waals surface area contributed by atoms with E-state index < -0.39 is 10.1 Å². The maximum atomic E-state index is 11.2. The second-order valence-corrected chi connectivity index (χ2v) is 6.48. The lowest BCUT2D eigenvalue weighted by Crippen LogP contribution is -2.33. The SMILES string of the molecule is CS(=O)(=O)O[C@@H]1CCCC[C@H]1N=Cc1ccccc1. The Hall–Kier alpha value is -1.20. The van der Waals surface area contributed by atoms with Crippen molar-refractivity contribution in [1.82, 2.24) is 0 Å². The molecule has 1 aliphatic rings. The van der Waals surface area contributed by atoms with Crippen molar-refractivity contribution in [3.63, 3.8) is 0 Å². The van der Waals surface area contributed by atoms with Crippen LogP contribution in [0, 0.1) is 0 Å². The Kier molecular flexibility index (Phi) is 4.71. The minimum atomic E-state index is -3.41. The van der Waals surface area contributed by atoms with E-state index in [0.717, 1.165) is 37.5 Å². The average molecular weight is 281 g/mol. The van der Waals surface area contributed by atoms with Gasteiger partial charge in [-0.3, -0.25) is 9.18 Å². The van der Waals surface area contributed by atoms with Crippen LogP contribution in [0.5, 0.6) is 0 Å². The van der Waals surface area contributed by atoms with Crippen LogP contribution in [0.1, 0.15) is 31.2 Å². The molecule has 19 heavy (non-hydrogen) atoms. The standard InChI is InChI=1S/C14H19NO3S/c1-19(16,17)18-14-10-6-5-9-13(14)15-11-12-7-3-2-4-8-12/h2-4,7-8,11,13-14H,5-6,9-10H2,1H3/t13-,14-/m1/s1. The lowest BCUT2D eigenvalue weighted by atomic mass is 9.93. The summed E-state index contributed by atoms with van der Waals surface area (Å²) in [5, 5.41) is 0. The first kappa shape index (κ1) is 14.2. The van der Waals surface area contributed by atoms with Gasteiger partial charge in [0.15, 0.2) is 0 Å². The molecule has 2 atom stereocenters. The molecule has 0 saturated heterocycles. The van der Waals surface area contributed by atoms with Crippen LogP contribution in [0.2, 0.25) is 0 Å². The van der Waals surface area contributed by atoms with Gasteiger partial charge in [0.05, 0.1) is 18.4 Å². The summed E-state index contributed by atoms with van der Waals surface area (Å²) in [4.78, 5) is 4.50. The molecule has 104 valence electrons. The van der Waals surface area contributed by atoms with Crippen LogP contribution in [0.4, 0.5) is 0 Å². The predicted molar refractivity (Wildman–Crippen MR) is 76.0 cm³/mol. The van der Waals surface area contributed by atoms with Crippen molar-refractivity contribution >= 4 is 16.3 Å². The van der Waals surface area contributed by atoms with Crippen LogP contribution in [-0.2, 0) is 14.3 Å². The van der Waals surface area contributed by atoms with E-state index in [4.69, 9.17) is 4.18 Å². The molecule has 0 unspecified atom stereocenters. The summed E-state index contributed by atoms with van der Waals surface area (Å²) in [5.74, 6) is 0. The van der Waals surface area contributed by atoms with Crippen molar-refractivity contribution < 1.29 is 12.6 Å². The van der Waals surface area contributed by atoms with Crippen LogP contribution in [0.25, 0.3) is 0 Å². The minimum absolute atomic E-state index is 0.0660. The quantitative estimate of drug-likeness (QED) is 0.629. The summed E-state index contributed by atoms with van der Waals surface area (Å²) in [6.07, 6.45) is 6.28. The third kappa shape index (κ3) is 4.76. The van der Waals surface area contributed by atoms with Gasteiger partial charge in [-0.1, -0.05) is 43.2 Å². The number of hydrogen-bond acceptors (Lipinski definition) is 4. The van der Waals surface area contributed by atoms with Crippen molar-refractivity contribution in [2.75, 3.05) is 6.26 Å². The van der Waals surface area contributed by atoms with Crippen molar-refractivity contribution in [3.8, 4) is 0 Å². The average Bonchev–Trinajstić information content (AvgIpc) is 2.37. The van der Waals surface area contributed by atoms with Gasteiger partial charge in [0, 0.05) is 6.21 Å². The first-order valence-corrected chi connectivity index (χ1v) is 8.33. The third-order valence-corrected chi connectivity index (χ3v) is 3.78. The highest BCUT2D eigenvalue weighted by Gasteiger charge is 2.28. The zero-order valence-electron chi connectivity index (χ0n) is 11.0. The number of benzene rings is 1. The first-order chi connectivity index (χ1) is 9.04. The molecule has 0 aromatic heterocycles. The van der Waals surface area contributed by atoms with Crippen molar-refractivity contribution in [3.05, 3.63) is 35.9 Å². The number of aliphatic imine (C=N–C) groups is 1. The molecule has 0 aliphatic heterocycles. The second kappa shape index (κ2) is 6.30. The molecule has 0 amide bonds. The fourth-order valence-corrected chi connectivity index (χ4v) is 2.98. The molecule has 1 aromatic carbocycles. The van der Waals surface area contributed by atoms with E-state index in [9.17, 15) is 8.42 Å². The molecular weight excluding hydrogens is 262 g/mol. The van der Waals surface area contributed by atoms with E-state index in [1.54, 1.807) is 6.21 Å². The van der Waals surface area contributed by atoms with Gasteiger partial charge in [0.25, 0.3) is 10.1 Å². The molecule has 1 aliphatic carbocycles. The fraction of sp³-hybridized carbons (Fsp3) is 0.500. The summed E-state index contributed by atoms with van der Waals surface area (Å²) in [6.45, 7) is 0. The molecule has 0 heterocycles. The molecule has 0 spiro atoms. The predicted octanol–water partition coefficient (Wildman–Crippen LogP) is 2.39. The molecule has 1 aromatic rings. The highest BCUT2D eigenvalue weighted by Crippen LogP contribution is 2.25. The van der Waals surface area contributed by atoms with Gasteiger partial charge in [-0.2, -0.15) is 8.42 Å². The summed E-state index contributed by atoms with van der Waals surface area (Å²) in [6, 6.07) is 9.73. The minimum Gasteiger partial charge on any atom is -0.286 e. The normalized spacial score (nSPS) is 24.7. The van der Waals surface area contributed by atoms with Crippen LogP contribution >= 0.6 is 0 Å². The Labute approximate surface area is 114 Å². The molecule has 4 nitrogen and oxygen atoms in total. The third-order valence-electron chi connectivity index (χ3n) is 3.18.